The number of nitrogens with zero attached hydrogens (tertiary/aromatic N) is 6. The number of fused-ring (bicyclic) bond motifs is 1. The summed E-state index contributed by atoms with van der Waals surface area (Å²) in [7, 11) is 0. The molecule has 0 N–H and O–H groups in total. The minimum absolute atomic E-state index is 0.403. The largest absolute Gasteiger partial charge is 0.443 e. The summed E-state index contributed by atoms with van der Waals surface area (Å²) < 4.78 is 13.5. The Balaban J connectivity index is 1.38. The highest BCUT2D eigenvalue weighted by molar-refractivity contribution is 9.10. The topological polar surface area (TPSA) is 75.4 Å². The Morgan fingerprint density at radius 2 is 1.89 bits per heavy atom. The molecule has 0 spiro atoms. The SMILES string of the molecule is CC(C)(C)OC(=O)N(c1ccc(N2CCN(CC3COC3)CC2)cc1)c1nc(Br)cn2ccnc12. The molecular weight excluding hydrogens is 512 g/mol. The summed E-state index contributed by atoms with van der Waals surface area (Å²) in [5, 5.41) is 0. The van der Waals surface area contributed by atoms with Crippen LogP contribution < -0.4 is 9.80 Å². The minimum atomic E-state index is -0.654. The van der Waals surface area contributed by atoms with E-state index in [1.807, 2.05) is 43.5 Å². The van der Waals surface area contributed by atoms with Crippen LogP contribution in [0.15, 0.2) is 47.5 Å². The number of halogens is 1. The maximum Gasteiger partial charge on any atom is 0.420 e. The van der Waals surface area contributed by atoms with Gasteiger partial charge in [0.15, 0.2) is 11.5 Å². The fraction of sp³-hybridized carbons (Fsp3) is 0.480. The fourth-order valence-electron chi connectivity index (χ4n) is 4.41. The van der Waals surface area contributed by atoms with E-state index in [2.05, 4.69) is 47.8 Å². The van der Waals surface area contributed by atoms with Crippen LogP contribution in [0.1, 0.15) is 20.8 Å². The van der Waals surface area contributed by atoms with Gasteiger partial charge in [-0.1, -0.05) is 0 Å². The lowest BCUT2D eigenvalue weighted by molar-refractivity contribution is -0.0468. The first-order chi connectivity index (χ1) is 16.8. The highest BCUT2D eigenvalue weighted by atomic mass is 79.9. The van der Waals surface area contributed by atoms with E-state index in [0.717, 1.165) is 51.6 Å². The summed E-state index contributed by atoms with van der Waals surface area (Å²) in [5.41, 5.74) is 1.72. The number of ether oxygens (including phenoxy) is 2. The summed E-state index contributed by atoms with van der Waals surface area (Å²) in [6, 6.07) is 8.00. The zero-order valence-corrected chi connectivity index (χ0v) is 21.9. The van der Waals surface area contributed by atoms with Gasteiger partial charge in [0.2, 0.25) is 0 Å². The molecule has 3 aromatic rings. The predicted molar refractivity (Wildman–Crippen MR) is 138 cm³/mol. The number of amides is 1. The van der Waals surface area contributed by atoms with Crippen LogP contribution in [0.5, 0.6) is 0 Å². The van der Waals surface area contributed by atoms with Gasteiger partial charge in [-0.3, -0.25) is 4.90 Å². The molecule has 35 heavy (non-hydrogen) atoms. The molecule has 5 rings (SSSR count). The van der Waals surface area contributed by atoms with Crippen molar-refractivity contribution in [3.05, 3.63) is 47.5 Å². The zero-order valence-electron chi connectivity index (χ0n) is 20.4. The molecule has 2 aromatic heterocycles. The predicted octanol–water partition coefficient (Wildman–Crippen LogP) is 4.33. The lowest BCUT2D eigenvalue weighted by atomic mass is 10.1. The second-order valence-electron chi connectivity index (χ2n) is 10.1. The van der Waals surface area contributed by atoms with Crippen molar-refractivity contribution in [1.29, 1.82) is 0 Å². The molecule has 1 amide bonds. The van der Waals surface area contributed by atoms with Crippen LogP contribution in [0.3, 0.4) is 0 Å². The molecule has 2 fully saturated rings. The van der Waals surface area contributed by atoms with Crippen molar-refractivity contribution < 1.29 is 14.3 Å². The lowest BCUT2D eigenvalue weighted by Crippen LogP contribution is -2.50. The summed E-state index contributed by atoms with van der Waals surface area (Å²) in [5.74, 6) is 1.09. The van der Waals surface area contributed by atoms with Crippen LogP contribution >= 0.6 is 15.9 Å². The number of aromatic nitrogens is 3. The molecule has 186 valence electrons. The summed E-state index contributed by atoms with van der Waals surface area (Å²) >= 11 is 3.45. The van der Waals surface area contributed by atoms with Gasteiger partial charge in [-0.25, -0.2) is 19.7 Å². The van der Waals surface area contributed by atoms with Gasteiger partial charge in [0.05, 0.1) is 18.9 Å². The van der Waals surface area contributed by atoms with Gasteiger partial charge in [0.25, 0.3) is 0 Å². The van der Waals surface area contributed by atoms with E-state index >= 15 is 0 Å². The highest BCUT2D eigenvalue weighted by Gasteiger charge is 2.29. The summed E-state index contributed by atoms with van der Waals surface area (Å²) in [6.07, 6.45) is 4.80. The summed E-state index contributed by atoms with van der Waals surface area (Å²) in [6.45, 7) is 12.5. The standard InChI is InChI=1S/C25H31BrN6O3/c1-25(2,3)35-24(33)32(23-22-27-8-9-31(22)15-21(26)28-23)20-6-4-19(5-7-20)30-12-10-29(11-13-30)14-18-16-34-17-18/h4-9,15,18H,10-14,16-17H2,1-3H3. The van der Waals surface area contributed by atoms with Gasteiger partial charge < -0.3 is 18.8 Å². The number of imidazole rings is 1. The van der Waals surface area contributed by atoms with E-state index < -0.39 is 11.7 Å². The van der Waals surface area contributed by atoms with Gasteiger partial charge >= 0.3 is 6.09 Å². The van der Waals surface area contributed by atoms with Crippen molar-refractivity contribution in [2.75, 3.05) is 55.7 Å². The summed E-state index contributed by atoms with van der Waals surface area (Å²) in [4.78, 5) is 28.8. The zero-order chi connectivity index (χ0) is 24.6. The average molecular weight is 543 g/mol. The van der Waals surface area contributed by atoms with Gasteiger partial charge in [0, 0.05) is 62.9 Å². The van der Waals surface area contributed by atoms with Crippen LogP contribution in [0.4, 0.5) is 22.0 Å². The molecule has 0 saturated carbocycles. The molecule has 4 heterocycles. The van der Waals surface area contributed by atoms with E-state index in [9.17, 15) is 4.79 Å². The molecule has 0 aliphatic carbocycles. The molecular formula is C25H31BrN6O3. The lowest BCUT2D eigenvalue weighted by Gasteiger charge is -2.39. The maximum absolute atomic E-state index is 13.4. The maximum atomic E-state index is 13.4. The number of hydrogen-bond acceptors (Lipinski definition) is 7. The first-order valence-corrected chi connectivity index (χ1v) is 12.7. The first kappa shape index (κ1) is 24.0. The quantitative estimate of drug-likeness (QED) is 0.474. The van der Waals surface area contributed by atoms with Gasteiger partial charge in [-0.05, 0) is 61.0 Å². The Morgan fingerprint density at radius 3 is 2.51 bits per heavy atom. The van der Waals surface area contributed by atoms with Crippen molar-refractivity contribution in [3.8, 4) is 0 Å². The number of carbonyl (C=O) groups is 1. The highest BCUT2D eigenvalue weighted by Crippen LogP contribution is 2.32. The van der Waals surface area contributed by atoms with Gasteiger partial charge in [-0.15, -0.1) is 0 Å². The fourth-order valence-corrected chi connectivity index (χ4v) is 4.80. The van der Waals surface area contributed by atoms with E-state index in [1.54, 1.807) is 12.4 Å². The van der Waals surface area contributed by atoms with Gasteiger partial charge in [0.1, 0.15) is 10.2 Å². The van der Waals surface area contributed by atoms with Crippen LogP contribution in [0.2, 0.25) is 0 Å². The molecule has 10 heteroatoms. The van der Waals surface area contributed by atoms with Crippen molar-refractivity contribution >= 4 is 44.9 Å². The Kier molecular flexibility index (Phi) is 6.69. The molecule has 1 aromatic carbocycles. The molecule has 0 unspecified atom stereocenters. The molecule has 0 radical (unpaired) electrons. The first-order valence-electron chi connectivity index (χ1n) is 11.9. The van der Waals surface area contributed by atoms with Crippen molar-refractivity contribution in [2.45, 2.75) is 26.4 Å². The Bertz CT molecular complexity index is 1180. The van der Waals surface area contributed by atoms with Crippen molar-refractivity contribution in [2.24, 2.45) is 5.92 Å². The molecule has 2 saturated heterocycles. The van der Waals surface area contributed by atoms with Crippen LogP contribution in [0.25, 0.3) is 5.65 Å². The molecule has 2 aliphatic rings. The number of anilines is 3. The van der Waals surface area contributed by atoms with E-state index in [4.69, 9.17) is 9.47 Å². The second-order valence-corrected chi connectivity index (χ2v) is 10.9. The molecule has 0 bridgehead atoms. The van der Waals surface area contributed by atoms with Gasteiger partial charge in [-0.2, -0.15) is 0 Å². The number of piperazine rings is 1. The number of benzene rings is 1. The number of hydrogen-bond donors (Lipinski definition) is 0. The number of carbonyl (C=O) groups excluding carboxylic acids is 1. The normalized spacial score (nSPS) is 17.4. The van der Waals surface area contributed by atoms with Crippen molar-refractivity contribution in [3.63, 3.8) is 0 Å². The second kappa shape index (κ2) is 9.75. The molecule has 9 nitrogen and oxygen atoms in total. The third kappa shape index (κ3) is 5.44. The minimum Gasteiger partial charge on any atom is -0.443 e. The number of rotatable bonds is 5. The third-order valence-electron chi connectivity index (χ3n) is 6.18. The Labute approximate surface area is 213 Å². The third-order valence-corrected chi connectivity index (χ3v) is 6.57. The van der Waals surface area contributed by atoms with Crippen LogP contribution in [-0.2, 0) is 9.47 Å². The van der Waals surface area contributed by atoms with E-state index in [-0.39, 0.29) is 0 Å². The Morgan fingerprint density at radius 1 is 1.17 bits per heavy atom. The molecule has 0 atom stereocenters. The molecule has 2 aliphatic heterocycles. The van der Waals surface area contributed by atoms with E-state index in [1.165, 1.54) is 4.90 Å². The Hall–Kier alpha value is -2.69. The average Bonchev–Trinajstić information content (AvgIpc) is 3.25. The monoisotopic (exact) mass is 542 g/mol. The smallest absolute Gasteiger partial charge is 0.420 e. The van der Waals surface area contributed by atoms with E-state index in [0.29, 0.717) is 27.7 Å². The van der Waals surface area contributed by atoms with Crippen LogP contribution in [-0.4, -0.2) is 76.9 Å². The van der Waals surface area contributed by atoms with Crippen LogP contribution in [0, 0.1) is 5.92 Å². The van der Waals surface area contributed by atoms with Crippen molar-refractivity contribution in [1.82, 2.24) is 19.3 Å².